The van der Waals surface area contributed by atoms with Gasteiger partial charge in [-0.25, -0.2) is 4.79 Å². The molecule has 0 saturated heterocycles. The highest BCUT2D eigenvalue weighted by Crippen LogP contribution is 2.11. The van der Waals surface area contributed by atoms with Crippen LogP contribution in [-0.2, 0) is 6.42 Å². The van der Waals surface area contributed by atoms with E-state index in [-0.39, 0.29) is 6.04 Å². The number of carboxylic acids is 1. The number of aliphatic hydroxyl groups is 1. The predicted octanol–water partition coefficient (Wildman–Crippen LogP) is 1.63. The number of aliphatic hydroxyl groups excluding tert-OH is 1. The van der Waals surface area contributed by atoms with Gasteiger partial charge >= 0.3 is 5.97 Å². The molecule has 0 amide bonds. The van der Waals surface area contributed by atoms with Crippen LogP contribution in [-0.4, -0.2) is 46.8 Å². The van der Waals surface area contributed by atoms with E-state index < -0.39 is 12.1 Å². The minimum Gasteiger partial charge on any atom is -0.478 e. The normalized spacial score (nSPS) is 14.5. The van der Waals surface area contributed by atoms with Gasteiger partial charge in [0, 0.05) is 12.6 Å². The molecule has 4 heteroatoms. The summed E-state index contributed by atoms with van der Waals surface area (Å²) >= 11 is 0. The molecule has 0 fully saturated rings. The van der Waals surface area contributed by atoms with Crippen molar-refractivity contribution in [1.29, 1.82) is 0 Å². The van der Waals surface area contributed by atoms with Gasteiger partial charge in [0.05, 0.1) is 11.7 Å². The molecule has 2 unspecified atom stereocenters. The minimum atomic E-state index is -0.892. The van der Waals surface area contributed by atoms with Crippen LogP contribution >= 0.6 is 0 Å². The summed E-state index contributed by atoms with van der Waals surface area (Å²) < 4.78 is 0. The third kappa shape index (κ3) is 3.82. The van der Waals surface area contributed by atoms with Gasteiger partial charge in [-0.15, -0.1) is 0 Å². The number of nitrogens with zero attached hydrogens (tertiary/aromatic N) is 1. The van der Waals surface area contributed by atoms with Crippen molar-refractivity contribution in [2.75, 3.05) is 13.6 Å². The van der Waals surface area contributed by atoms with Crippen molar-refractivity contribution < 1.29 is 15.0 Å². The molecule has 100 valence electrons. The number of likely N-dealkylation sites (N-methyl/N-ethyl adjacent to an activating group) is 1. The molecule has 1 rings (SSSR count). The van der Waals surface area contributed by atoms with Gasteiger partial charge in [-0.2, -0.15) is 0 Å². The quantitative estimate of drug-likeness (QED) is 0.806. The molecule has 1 aromatic carbocycles. The largest absolute Gasteiger partial charge is 0.478 e. The van der Waals surface area contributed by atoms with Gasteiger partial charge in [0.2, 0.25) is 0 Å². The Balaban J connectivity index is 2.66. The van der Waals surface area contributed by atoms with Crippen molar-refractivity contribution in [2.45, 2.75) is 32.4 Å². The van der Waals surface area contributed by atoms with E-state index in [1.807, 2.05) is 31.0 Å². The third-order valence-electron chi connectivity index (χ3n) is 3.38. The van der Waals surface area contributed by atoms with Gasteiger partial charge in [-0.1, -0.05) is 18.2 Å². The zero-order valence-electron chi connectivity index (χ0n) is 11.1. The van der Waals surface area contributed by atoms with Crippen molar-refractivity contribution in [1.82, 2.24) is 4.90 Å². The summed E-state index contributed by atoms with van der Waals surface area (Å²) in [6.45, 7) is 4.43. The summed E-state index contributed by atoms with van der Waals surface area (Å²) in [6, 6.07) is 7.09. The van der Waals surface area contributed by atoms with Crippen LogP contribution in [0.25, 0.3) is 0 Å². The molecule has 0 aliphatic rings. The Morgan fingerprint density at radius 3 is 2.50 bits per heavy atom. The Morgan fingerprint density at radius 1 is 1.33 bits per heavy atom. The smallest absolute Gasteiger partial charge is 0.335 e. The van der Waals surface area contributed by atoms with Gasteiger partial charge < -0.3 is 15.1 Å². The second-order valence-corrected chi connectivity index (χ2v) is 4.67. The highest BCUT2D eigenvalue weighted by atomic mass is 16.4. The molecule has 0 heterocycles. The molecular formula is C14H21NO3. The van der Waals surface area contributed by atoms with Crippen LogP contribution in [0.5, 0.6) is 0 Å². The Hall–Kier alpha value is -1.39. The second kappa shape index (κ2) is 6.52. The van der Waals surface area contributed by atoms with Gasteiger partial charge in [0.15, 0.2) is 0 Å². The van der Waals surface area contributed by atoms with E-state index in [1.165, 1.54) is 0 Å². The lowest BCUT2D eigenvalue weighted by molar-refractivity contribution is 0.0693. The molecule has 0 spiro atoms. The summed E-state index contributed by atoms with van der Waals surface area (Å²) in [7, 11) is 1.93. The molecule has 4 nitrogen and oxygen atoms in total. The summed E-state index contributed by atoms with van der Waals surface area (Å²) in [5.41, 5.74) is 1.19. The molecular weight excluding hydrogens is 230 g/mol. The average molecular weight is 251 g/mol. The van der Waals surface area contributed by atoms with E-state index in [1.54, 1.807) is 19.1 Å². The maximum absolute atomic E-state index is 11.1. The van der Waals surface area contributed by atoms with E-state index >= 15 is 0 Å². The predicted molar refractivity (Wildman–Crippen MR) is 70.9 cm³/mol. The lowest BCUT2D eigenvalue weighted by Gasteiger charge is -2.27. The van der Waals surface area contributed by atoms with Crippen molar-refractivity contribution >= 4 is 5.97 Å². The number of hydrogen-bond acceptors (Lipinski definition) is 3. The van der Waals surface area contributed by atoms with E-state index in [0.717, 1.165) is 12.1 Å². The van der Waals surface area contributed by atoms with E-state index in [4.69, 9.17) is 5.11 Å². The summed E-state index contributed by atoms with van der Waals surface area (Å²) in [6.07, 6.45) is 0.264. The van der Waals surface area contributed by atoms with E-state index in [9.17, 15) is 9.90 Å². The van der Waals surface area contributed by atoms with Crippen LogP contribution in [0, 0.1) is 0 Å². The maximum Gasteiger partial charge on any atom is 0.335 e. The molecule has 18 heavy (non-hydrogen) atoms. The Kier molecular flexibility index (Phi) is 5.31. The highest BCUT2D eigenvalue weighted by Gasteiger charge is 2.15. The fraction of sp³-hybridized carbons (Fsp3) is 0.500. The fourth-order valence-electron chi connectivity index (χ4n) is 1.82. The molecule has 0 aliphatic carbocycles. The Bertz CT molecular complexity index is 404. The van der Waals surface area contributed by atoms with Crippen LogP contribution in [0.2, 0.25) is 0 Å². The fourth-order valence-corrected chi connectivity index (χ4v) is 1.82. The maximum atomic E-state index is 11.1. The summed E-state index contributed by atoms with van der Waals surface area (Å²) in [5.74, 6) is -0.892. The molecule has 0 saturated carbocycles. The van der Waals surface area contributed by atoms with Crippen LogP contribution in [0.4, 0.5) is 0 Å². The number of carboxylic acid groups (broad SMARTS) is 1. The molecule has 0 aromatic heterocycles. The van der Waals surface area contributed by atoms with Crippen LogP contribution in [0.15, 0.2) is 24.3 Å². The first-order chi connectivity index (χ1) is 8.43. The highest BCUT2D eigenvalue weighted by molar-refractivity contribution is 5.89. The van der Waals surface area contributed by atoms with Gasteiger partial charge in [0.25, 0.3) is 0 Å². The van der Waals surface area contributed by atoms with Crippen LogP contribution in [0.3, 0.4) is 0 Å². The van der Waals surface area contributed by atoms with Gasteiger partial charge in [-0.05, 0) is 38.9 Å². The molecule has 1 aromatic rings. The number of hydrogen-bond donors (Lipinski definition) is 2. The lowest BCUT2D eigenvalue weighted by atomic mass is 10.0. The van der Waals surface area contributed by atoms with E-state index in [2.05, 4.69) is 0 Å². The lowest BCUT2D eigenvalue weighted by Crippen LogP contribution is -2.38. The third-order valence-corrected chi connectivity index (χ3v) is 3.38. The Morgan fingerprint density at radius 2 is 1.94 bits per heavy atom. The zero-order chi connectivity index (χ0) is 13.7. The van der Waals surface area contributed by atoms with Gasteiger partial charge in [-0.3, -0.25) is 0 Å². The van der Waals surface area contributed by atoms with Crippen molar-refractivity contribution in [2.24, 2.45) is 0 Å². The minimum absolute atomic E-state index is 0.0574. The molecule has 0 bridgehead atoms. The topological polar surface area (TPSA) is 60.8 Å². The summed E-state index contributed by atoms with van der Waals surface area (Å²) in [5, 5.41) is 18.6. The Labute approximate surface area is 108 Å². The van der Waals surface area contributed by atoms with Crippen molar-refractivity contribution in [3.05, 3.63) is 35.4 Å². The number of rotatable bonds is 6. The standard InChI is InChI=1S/C14H21NO3/c1-10(11(2)16)15(3)9-8-12-6-4-5-7-13(12)14(17)18/h4-7,10-11,16H,8-9H2,1-3H3,(H,17,18). The first-order valence-electron chi connectivity index (χ1n) is 6.13. The molecule has 0 radical (unpaired) electrons. The molecule has 2 atom stereocenters. The number of benzene rings is 1. The average Bonchev–Trinajstić information content (AvgIpc) is 2.35. The van der Waals surface area contributed by atoms with Crippen LogP contribution < -0.4 is 0 Å². The summed E-state index contributed by atoms with van der Waals surface area (Å²) in [4.78, 5) is 13.1. The van der Waals surface area contributed by atoms with E-state index in [0.29, 0.717) is 12.0 Å². The second-order valence-electron chi connectivity index (χ2n) is 4.67. The first-order valence-corrected chi connectivity index (χ1v) is 6.13. The van der Waals surface area contributed by atoms with Crippen molar-refractivity contribution in [3.8, 4) is 0 Å². The molecule has 2 N–H and O–H groups in total. The van der Waals surface area contributed by atoms with Gasteiger partial charge in [0.1, 0.15) is 0 Å². The SMILES string of the molecule is CC(O)C(C)N(C)CCc1ccccc1C(=O)O. The monoisotopic (exact) mass is 251 g/mol. The number of aromatic carboxylic acids is 1. The first kappa shape index (κ1) is 14.7. The molecule has 0 aliphatic heterocycles. The van der Waals surface area contributed by atoms with Crippen LogP contribution in [0.1, 0.15) is 29.8 Å². The zero-order valence-corrected chi connectivity index (χ0v) is 11.1. The number of carbonyl (C=O) groups is 1. The van der Waals surface area contributed by atoms with Crippen molar-refractivity contribution in [3.63, 3.8) is 0 Å².